The van der Waals surface area contributed by atoms with Gasteiger partial charge in [0, 0.05) is 19.1 Å². The van der Waals surface area contributed by atoms with Gasteiger partial charge < -0.3 is 5.32 Å². The molecule has 2 rings (SSSR count). The molecule has 0 aromatic carbocycles. The van der Waals surface area contributed by atoms with E-state index in [0.717, 1.165) is 6.04 Å². The van der Waals surface area contributed by atoms with Gasteiger partial charge in [0.2, 0.25) is 0 Å². The lowest BCUT2D eigenvalue weighted by Gasteiger charge is -2.43. The Balaban J connectivity index is 1.99. The maximum atomic E-state index is 3.64. The minimum Gasteiger partial charge on any atom is -0.316 e. The van der Waals surface area contributed by atoms with Crippen molar-refractivity contribution < 1.29 is 0 Å². The molecular formula is C16H32N2. The van der Waals surface area contributed by atoms with Crippen molar-refractivity contribution in [2.45, 2.75) is 71.3 Å². The first-order valence-corrected chi connectivity index (χ1v) is 8.24. The van der Waals surface area contributed by atoms with Crippen molar-refractivity contribution in [3.05, 3.63) is 0 Å². The van der Waals surface area contributed by atoms with E-state index in [0.29, 0.717) is 5.41 Å². The molecule has 1 N–H and O–H groups in total. The zero-order chi connectivity index (χ0) is 12.8. The highest BCUT2D eigenvalue weighted by molar-refractivity contribution is 4.89. The van der Waals surface area contributed by atoms with Crippen molar-refractivity contribution in [3.63, 3.8) is 0 Å². The quantitative estimate of drug-likeness (QED) is 0.825. The minimum absolute atomic E-state index is 0.565. The van der Waals surface area contributed by atoms with E-state index in [2.05, 4.69) is 24.1 Å². The van der Waals surface area contributed by atoms with Crippen LogP contribution in [0.4, 0.5) is 0 Å². The summed E-state index contributed by atoms with van der Waals surface area (Å²) in [5.74, 6) is 0. The average Bonchev–Trinajstić information content (AvgIpc) is 2.65. The van der Waals surface area contributed by atoms with E-state index in [4.69, 9.17) is 0 Å². The zero-order valence-corrected chi connectivity index (χ0v) is 12.5. The molecule has 2 aliphatic heterocycles. The average molecular weight is 252 g/mol. The molecule has 2 heteroatoms. The molecule has 2 fully saturated rings. The largest absolute Gasteiger partial charge is 0.316 e. The van der Waals surface area contributed by atoms with Gasteiger partial charge in [-0.2, -0.15) is 0 Å². The van der Waals surface area contributed by atoms with Crippen LogP contribution in [0.1, 0.15) is 65.2 Å². The highest BCUT2D eigenvalue weighted by atomic mass is 15.2. The first kappa shape index (κ1) is 14.3. The summed E-state index contributed by atoms with van der Waals surface area (Å²) in [6.45, 7) is 9.94. The lowest BCUT2D eigenvalue weighted by Crippen LogP contribution is -2.49. The van der Waals surface area contributed by atoms with Gasteiger partial charge in [-0.1, -0.05) is 26.7 Å². The first-order valence-electron chi connectivity index (χ1n) is 8.24. The van der Waals surface area contributed by atoms with E-state index in [1.807, 2.05) is 0 Å². The molecule has 0 aromatic rings. The third kappa shape index (κ3) is 3.48. The minimum atomic E-state index is 0.565. The Hall–Kier alpha value is -0.0800. The van der Waals surface area contributed by atoms with Crippen LogP contribution in [0.2, 0.25) is 0 Å². The summed E-state index contributed by atoms with van der Waals surface area (Å²) in [5, 5.41) is 3.64. The Kier molecular flexibility index (Phi) is 5.50. The van der Waals surface area contributed by atoms with Gasteiger partial charge in [0.05, 0.1) is 0 Å². The van der Waals surface area contributed by atoms with Crippen LogP contribution in [0.15, 0.2) is 0 Å². The molecule has 0 aliphatic carbocycles. The van der Waals surface area contributed by atoms with Crippen molar-refractivity contribution in [2.75, 3.05) is 26.2 Å². The Morgan fingerprint density at radius 1 is 1.17 bits per heavy atom. The predicted octanol–water partition coefficient (Wildman–Crippen LogP) is 3.42. The Morgan fingerprint density at radius 3 is 2.72 bits per heavy atom. The van der Waals surface area contributed by atoms with Gasteiger partial charge in [0.25, 0.3) is 0 Å². The number of likely N-dealkylation sites (tertiary alicyclic amines) is 1. The van der Waals surface area contributed by atoms with Crippen LogP contribution in [0, 0.1) is 5.41 Å². The molecule has 0 saturated carbocycles. The molecule has 2 saturated heterocycles. The third-order valence-corrected chi connectivity index (χ3v) is 5.32. The molecule has 2 unspecified atom stereocenters. The first-order chi connectivity index (χ1) is 8.79. The number of nitrogens with zero attached hydrogens (tertiary/aromatic N) is 1. The number of hydrogen-bond acceptors (Lipinski definition) is 2. The highest BCUT2D eigenvalue weighted by Crippen LogP contribution is 2.33. The molecular weight excluding hydrogens is 220 g/mol. The number of nitrogens with one attached hydrogen (secondary N) is 1. The van der Waals surface area contributed by atoms with Gasteiger partial charge in [0.15, 0.2) is 0 Å². The molecule has 106 valence electrons. The van der Waals surface area contributed by atoms with Gasteiger partial charge in [-0.3, -0.25) is 4.90 Å². The molecule has 0 aromatic heterocycles. The van der Waals surface area contributed by atoms with E-state index in [1.165, 1.54) is 77.5 Å². The second-order valence-electron chi connectivity index (χ2n) is 6.52. The molecule has 0 amide bonds. The van der Waals surface area contributed by atoms with Crippen LogP contribution < -0.4 is 5.32 Å². The fraction of sp³-hybridized carbons (Fsp3) is 1.00. The Bertz CT molecular complexity index is 233. The van der Waals surface area contributed by atoms with Gasteiger partial charge in [-0.15, -0.1) is 0 Å². The fourth-order valence-electron chi connectivity index (χ4n) is 3.92. The van der Waals surface area contributed by atoms with Crippen LogP contribution in [-0.2, 0) is 0 Å². The maximum absolute atomic E-state index is 3.64. The predicted molar refractivity (Wildman–Crippen MR) is 78.9 cm³/mol. The summed E-state index contributed by atoms with van der Waals surface area (Å²) >= 11 is 0. The third-order valence-electron chi connectivity index (χ3n) is 5.32. The normalized spacial score (nSPS) is 35.3. The van der Waals surface area contributed by atoms with Crippen LogP contribution in [0.25, 0.3) is 0 Å². The number of hydrogen-bond donors (Lipinski definition) is 1. The standard InChI is InChI=1S/C16H32N2/c1-3-15-9-6-5-7-12-18(15)14-16(4-2)10-8-11-17-13-16/h15,17H,3-14H2,1-2H3. The SMILES string of the molecule is CCC1CCCCCN1CC1(CC)CCCNC1. The highest BCUT2D eigenvalue weighted by Gasteiger charge is 2.34. The van der Waals surface area contributed by atoms with Crippen molar-refractivity contribution in [2.24, 2.45) is 5.41 Å². The second-order valence-corrected chi connectivity index (χ2v) is 6.52. The summed E-state index contributed by atoms with van der Waals surface area (Å²) in [7, 11) is 0. The smallest absolute Gasteiger partial charge is 0.00928 e. The van der Waals surface area contributed by atoms with E-state index in [9.17, 15) is 0 Å². The van der Waals surface area contributed by atoms with Crippen LogP contribution in [0.3, 0.4) is 0 Å². The topological polar surface area (TPSA) is 15.3 Å². The molecule has 2 nitrogen and oxygen atoms in total. The number of rotatable bonds is 4. The summed E-state index contributed by atoms with van der Waals surface area (Å²) in [6, 6.07) is 0.859. The molecule has 0 radical (unpaired) electrons. The summed E-state index contributed by atoms with van der Waals surface area (Å²) in [6.07, 6.45) is 11.2. The lowest BCUT2D eigenvalue weighted by atomic mass is 9.77. The maximum Gasteiger partial charge on any atom is 0.00928 e. The van der Waals surface area contributed by atoms with Gasteiger partial charge in [-0.25, -0.2) is 0 Å². The van der Waals surface area contributed by atoms with Crippen molar-refractivity contribution >= 4 is 0 Å². The van der Waals surface area contributed by atoms with E-state index >= 15 is 0 Å². The molecule has 2 atom stereocenters. The van der Waals surface area contributed by atoms with Crippen molar-refractivity contribution in [1.29, 1.82) is 0 Å². The fourth-order valence-corrected chi connectivity index (χ4v) is 3.92. The van der Waals surface area contributed by atoms with Crippen LogP contribution in [0.5, 0.6) is 0 Å². The number of piperidine rings is 1. The van der Waals surface area contributed by atoms with Gasteiger partial charge in [-0.05, 0) is 57.0 Å². The van der Waals surface area contributed by atoms with Crippen LogP contribution in [-0.4, -0.2) is 37.1 Å². The molecule has 0 bridgehead atoms. The van der Waals surface area contributed by atoms with Crippen molar-refractivity contribution in [1.82, 2.24) is 10.2 Å². The summed E-state index contributed by atoms with van der Waals surface area (Å²) in [5.41, 5.74) is 0.565. The molecule has 0 spiro atoms. The van der Waals surface area contributed by atoms with Crippen LogP contribution >= 0.6 is 0 Å². The van der Waals surface area contributed by atoms with Gasteiger partial charge >= 0.3 is 0 Å². The Labute approximate surface area is 114 Å². The van der Waals surface area contributed by atoms with E-state index < -0.39 is 0 Å². The summed E-state index contributed by atoms with van der Waals surface area (Å²) < 4.78 is 0. The molecule has 2 heterocycles. The lowest BCUT2D eigenvalue weighted by molar-refractivity contribution is 0.0813. The van der Waals surface area contributed by atoms with E-state index in [-0.39, 0.29) is 0 Å². The molecule has 2 aliphatic rings. The van der Waals surface area contributed by atoms with Gasteiger partial charge in [0.1, 0.15) is 0 Å². The Morgan fingerprint density at radius 2 is 2.06 bits per heavy atom. The monoisotopic (exact) mass is 252 g/mol. The van der Waals surface area contributed by atoms with E-state index in [1.54, 1.807) is 0 Å². The van der Waals surface area contributed by atoms with Crippen molar-refractivity contribution in [3.8, 4) is 0 Å². The zero-order valence-electron chi connectivity index (χ0n) is 12.5. The second kappa shape index (κ2) is 6.91. The molecule has 18 heavy (non-hydrogen) atoms. The summed E-state index contributed by atoms with van der Waals surface area (Å²) in [4.78, 5) is 2.84.